The molecule has 0 bridgehead atoms. The largest absolute Gasteiger partial charge is 0.354 e. The Bertz CT molecular complexity index is 621. The Morgan fingerprint density at radius 1 is 1.36 bits per heavy atom. The van der Waals surface area contributed by atoms with Crippen LogP contribution >= 0.6 is 0 Å². The highest BCUT2D eigenvalue weighted by atomic mass is 16.2. The van der Waals surface area contributed by atoms with Crippen LogP contribution in [0, 0.1) is 12.8 Å². The summed E-state index contributed by atoms with van der Waals surface area (Å²) in [6.45, 7) is 6.52. The number of nitrogens with zero attached hydrogens (tertiary/aromatic N) is 3. The lowest BCUT2D eigenvalue weighted by Gasteiger charge is -2.25. The van der Waals surface area contributed by atoms with Gasteiger partial charge in [-0.2, -0.15) is 0 Å². The lowest BCUT2D eigenvalue weighted by Crippen LogP contribution is -2.45. The van der Waals surface area contributed by atoms with Crippen LogP contribution < -0.4 is 10.6 Å². The Kier molecular flexibility index (Phi) is 6.24. The summed E-state index contributed by atoms with van der Waals surface area (Å²) in [5.74, 6) is 2.72. The number of carbonyl (C=O) groups is 1. The monoisotopic (exact) mass is 345 g/mol. The maximum absolute atomic E-state index is 12.3. The number of carbonyl (C=O) groups excluding carboxylic acids is 1. The minimum atomic E-state index is -0.149. The first-order valence-electron chi connectivity index (χ1n) is 9.71. The summed E-state index contributed by atoms with van der Waals surface area (Å²) in [4.78, 5) is 12.3. The number of nitrogens with one attached hydrogen (secondary N) is 2. The van der Waals surface area contributed by atoms with Gasteiger partial charge in [0.15, 0.2) is 0 Å². The van der Waals surface area contributed by atoms with E-state index in [1.807, 2.05) is 13.8 Å². The topological polar surface area (TPSA) is 71.8 Å². The Morgan fingerprint density at radius 3 is 3.04 bits per heavy atom. The second-order valence-electron chi connectivity index (χ2n) is 7.46. The van der Waals surface area contributed by atoms with E-state index in [1.54, 1.807) is 0 Å². The highest BCUT2D eigenvalue weighted by Gasteiger charge is 2.22. The molecule has 0 unspecified atom stereocenters. The van der Waals surface area contributed by atoms with Crippen LogP contribution in [-0.2, 0) is 17.8 Å². The normalized spacial score (nSPS) is 21.4. The molecular weight excluding hydrogens is 314 g/mol. The first-order valence-corrected chi connectivity index (χ1v) is 9.71. The molecule has 0 saturated carbocycles. The smallest absolute Gasteiger partial charge is 0.236 e. The number of aryl methyl sites for hydroxylation is 2. The summed E-state index contributed by atoms with van der Waals surface area (Å²) in [5, 5.41) is 14.8. The predicted octanol–water partition coefficient (Wildman–Crippen LogP) is 2.13. The predicted molar refractivity (Wildman–Crippen MR) is 98.2 cm³/mol. The average Bonchev–Trinajstić information content (AvgIpc) is 3.01. The van der Waals surface area contributed by atoms with Crippen LogP contribution in [0.5, 0.6) is 0 Å². The van der Waals surface area contributed by atoms with Crippen molar-refractivity contribution in [3.63, 3.8) is 0 Å². The number of hydrogen-bond acceptors (Lipinski definition) is 4. The summed E-state index contributed by atoms with van der Waals surface area (Å²) in [7, 11) is 0. The van der Waals surface area contributed by atoms with E-state index in [0.29, 0.717) is 5.92 Å². The summed E-state index contributed by atoms with van der Waals surface area (Å²) in [5.41, 5.74) is 1.51. The molecule has 0 aromatic carbocycles. The molecule has 0 spiro atoms. The van der Waals surface area contributed by atoms with Crippen LogP contribution in [0.15, 0.2) is 11.6 Å². The summed E-state index contributed by atoms with van der Waals surface area (Å²) < 4.78 is 2.21. The van der Waals surface area contributed by atoms with Crippen molar-refractivity contribution >= 4 is 5.91 Å². The lowest BCUT2D eigenvalue weighted by molar-refractivity contribution is -0.122. The van der Waals surface area contributed by atoms with E-state index >= 15 is 0 Å². The fourth-order valence-electron chi connectivity index (χ4n) is 3.76. The van der Waals surface area contributed by atoms with Crippen molar-refractivity contribution in [2.45, 2.75) is 71.4 Å². The number of allylic oxidation sites excluding steroid dienone is 1. The molecule has 1 aliphatic heterocycles. The molecule has 1 aromatic rings. The van der Waals surface area contributed by atoms with Crippen LogP contribution in [-0.4, -0.2) is 39.8 Å². The second-order valence-corrected chi connectivity index (χ2v) is 7.46. The molecule has 0 fully saturated rings. The van der Waals surface area contributed by atoms with Crippen LogP contribution in [0.25, 0.3) is 0 Å². The van der Waals surface area contributed by atoms with Gasteiger partial charge >= 0.3 is 0 Å². The molecular formula is C19H31N5O. The lowest BCUT2D eigenvalue weighted by atomic mass is 9.97. The van der Waals surface area contributed by atoms with Gasteiger partial charge < -0.3 is 15.2 Å². The van der Waals surface area contributed by atoms with Gasteiger partial charge in [0, 0.05) is 26.1 Å². The zero-order chi connectivity index (χ0) is 17.6. The van der Waals surface area contributed by atoms with E-state index in [4.69, 9.17) is 0 Å². The Morgan fingerprint density at radius 2 is 2.24 bits per heavy atom. The molecule has 6 nitrogen and oxygen atoms in total. The molecule has 1 aromatic heterocycles. The van der Waals surface area contributed by atoms with E-state index in [1.165, 1.54) is 31.3 Å². The Balaban J connectivity index is 1.36. The van der Waals surface area contributed by atoms with Crippen LogP contribution in [0.1, 0.15) is 57.1 Å². The fourth-order valence-corrected chi connectivity index (χ4v) is 3.76. The number of rotatable bonds is 7. The molecule has 2 aliphatic rings. The third kappa shape index (κ3) is 4.91. The van der Waals surface area contributed by atoms with Gasteiger partial charge in [0.1, 0.15) is 11.6 Å². The van der Waals surface area contributed by atoms with Crippen LogP contribution in [0.4, 0.5) is 0 Å². The second kappa shape index (κ2) is 8.61. The summed E-state index contributed by atoms with van der Waals surface area (Å²) >= 11 is 0. The van der Waals surface area contributed by atoms with Gasteiger partial charge in [0.2, 0.25) is 5.91 Å². The molecule has 1 amide bonds. The van der Waals surface area contributed by atoms with E-state index in [-0.39, 0.29) is 11.9 Å². The quantitative estimate of drug-likeness (QED) is 0.743. The van der Waals surface area contributed by atoms with Crippen molar-refractivity contribution in [3.8, 4) is 0 Å². The molecule has 2 heterocycles. The Labute approximate surface area is 150 Å². The molecule has 3 rings (SSSR count). The number of hydrogen-bond donors (Lipinski definition) is 2. The van der Waals surface area contributed by atoms with Crippen molar-refractivity contribution in [1.82, 2.24) is 25.4 Å². The number of fused-ring (bicyclic) bond motifs is 1. The fraction of sp³-hybridized carbons (Fsp3) is 0.737. The summed E-state index contributed by atoms with van der Waals surface area (Å²) in [6.07, 6.45) is 10.4. The van der Waals surface area contributed by atoms with Gasteiger partial charge in [-0.05, 0) is 58.3 Å². The van der Waals surface area contributed by atoms with Crippen LogP contribution in [0.2, 0.25) is 0 Å². The maximum Gasteiger partial charge on any atom is 0.236 e. The zero-order valence-corrected chi connectivity index (χ0v) is 15.6. The average molecular weight is 345 g/mol. The molecule has 2 N–H and O–H groups in total. The SMILES string of the molecule is Cc1nnc2n1C[C@H](CN[C@@H](C)C(=O)NCCC1=CCCCC1)CC2. The third-order valence-corrected chi connectivity index (χ3v) is 5.47. The van der Waals surface area contributed by atoms with E-state index in [2.05, 4.69) is 31.5 Å². The van der Waals surface area contributed by atoms with E-state index in [9.17, 15) is 4.79 Å². The van der Waals surface area contributed by atoms with Gasteiger partial charge in [-0.1, -0.05) is 11.6 Å². The maximum atomic E-state index is 12.3. The van der Waals surface area contributed by atoms with Gasteiger partial charge in [0.05, 0.1) is 6.04 Å². The summed E-state index contributed by atoms with van der Waals surface area (Å²) in [6, 6.07) is -0.149. The van der Waals surface area contributed by atoms with Gasteiger partial charge in [-0.15, -0.1) is 10.2 Å². The minimum absolute atomic E-state index is 0.105. The van der Waals surface area contributed by atoms with E-state index in [0.717, 1.165) is 50.5 Å². The van der Waals surface area contributed by atoms with Crippen molar-refractivity contribution in [2.24, 2.45) is 5.92 Å². The molecule has 0 saturated heterocycles. The minimum Gasteiger partial charge on any atom is -0.354 e. The first kappa shape index (κ1) is 18.1. The van der Waals surface area contributed by atoms with Crippen molar-refractivity contribution in [1.29, 1.82) is 0 Å². The van der Waals surface area contributed by atoms with Crippen molar-refractivity contribution in [3.05, 3.63) is 23.3 Å². The molecule has 138 valence electrons. The van der Waals surface area contributed by atoms with Gasteiger partial charge in [-0.3, -0.25) is 4.79 Å². The molecule has 2 atom stereocenters. The first-order chi connectivity index (χ1) is 12.1. The highest BCUT2D eigenvalue weighted by Crippen LogP contribution is 2.20. The molecule has 0 radical (unpaired) electrons. The molecule has 1 aliphatic carbocycles. The van der Waals surface area contributed by atoms with Crippen LogP contribution in [0.3, 0.4) is 0 Å². The molecule has 6 heteroatoms. The Hall–Kier alpha value is -1.69. The zero-order valence-electron chi connectivity index (χ0n) is 15.6. The number of amides is 1. The standard InChI is InChI=1S/C19H31N5O/c1-14(19(25)20-11-10-16-6-4-3-5-7-16)21-12-17-8-9-18-23-22-15(2)24(18)13-17/h6,14,17,21H,3-5,7-13H2,1-2H3,(H,20,25)/t14-,17-/m0/s1. The van der Waals surface area contributed by atoms with E-state index < -0.39 is 0 Å². The van der Waals surface area contributed by atoms with Crippen molar-refractivity contribution in [2.75, 3.05) is 13.1 Å². The highest BCUT2D eigenvalue weighted by molar-refractivity contribution is 5.81. The van der Waals surface area contributed by atoms with Gasteiger partial charge in [0.25, 0.3) is 0 Å². The number of aromatic nitrogens is 3. The van der Waals surface area contributed by atoms with Crippen molar-refractivity contribution < 1.29 is 4.79 Å². The third-order valence-electron chi connectivity index (χ3n) is 5.47. The molecule has 25 heavy (non-hydrogen) atoms. The van der Waals surface area contributed by atoms with Gasteiger partial charge in [-0.25, -0.2) is 0 Å².